The third kappa shape index (κ3) is 1.62. The average molecular weight is 245 g/mol. The number of hydrogen-bond donors (Lipinski definition) is 2. The number of aromatic amines is 1. The number of ether oxygens (including phenoxy) is 1. The molecule has 0 saturated heterocycles. The summed E-state index contributed by atoms with van der Waals surface area (Å²) in [5.41, 5.74) is 0.707. The summed E-state index contributed by atoms with van der Waals surface area (Å²) in [5.74, 6) is 0.533. The summed E-state index contributed by atoms with van der Waals surface area (Å²) in [7, 11) is 0.00918. The molecule has 0 spiro atoms. The number of H-pyrrole nitrogens is 1. The molecule has 2 aromatic rings. The summed E-state index contributed by atoms with van der Waals surface area (Å²) in [5, 5.41) is 6.59. The molecule has 15 heavy (non-hydrogen) atoms. The van der Waals surface area contributed by atoms with Gasteiger partial charge >= 0.3 is 0 Å². The molecule has 0 fully saturated rings. The first-order valence-corrected chi connectivity index (χ1v) is 5.74. The van der Waals surface area contributed by atoms with Gasteiger partial charge in [-0.1, -0.05) is 11.6 Å². The van der Waals surface area contributed by atoms with Crippen LogP contribution in [0.1, 0.15) is 0 Å². The highest BCUT2D eigenvalue weighted by atomic mass is 35.5. The van der Waals surface area contributed by atoms with Gasteiger partial charge in [0.25, 0.3) is 0 Å². The van der Waals surface area contributed by atoms with E-state index in [4.69, 9.17) is 21.5 Å². The number of nitrogens with two attached hydrogens (primary N) is 1. The van der Waals surface area contributed by atoms with Gasteiger partial charge < -0.3 is 9.72 Å². The van der Waals surface area contributed by atoms with E-state index in [9.17, 15) is 4.21 Å². The van der Waals surface area contributed by atoms with Crippen LogP contribution in [-0.2, 0) is 11.0 Å². The number of halogens is 1. The van der Waals surface area contributed by atoms with Crippen molar-refractivity contribution in [2.45, 2.75) is 4.90 Å². The molecule has 1 aromatic heterocycles. The second-order valence-corrected chi connectivity index (χ2v) is 4.40. The molecule has 1 aromatic carbocycles. The Bertz CT molecular complexity index is 538. The quantitative estimate of drug-likeness (QED) is 0.846. The molecule has 6 heteroatoms. The normalized spacial score (nSPS) is 13.0. The average Bonchev–Trinajstić information content (AvgIpc) is 2.61. The molecule has 1 atom stereocenters. The van der Waals surface area contributed by atoms with Gasteiger partial charge in [0, 0.05) is 11.6 Å². The van der Waals surface area contributed by atoms with Crippen LogP contribution in [-0.4, -0.2) is 16.3 Å². The monoisotopic (exact) mass is 244 g/mol. The second-order valence-electron chi connectivity index (χ2n) is 2.95. The van der Waals surface area contributed by atoms with Crippen molar-refractivity contribution in [3.63, 3.8) is 0 Å². The Hall–Kier alpha value is -1.04. The highest BCUT2D eigenvalue weighted by molar-refractivity contribution is 7.83. The molecular formula is C9H9ClN2O2S. The molecule has 0 bridgehead atoms. The third-order valence-corrected chi connectivity index (χ3v) is 3.21. The van der Waals surface area contributed by atoms with Crippen LogP contribution in [0.15, 0.2) is 23.2 Å². The van der Waals surface area contributed by atoms with Gasteiger partial charge in [-0.05, 0) is 12.1 Å². The van der Waals surface area contributed by atoms with Crippen molar-refractivity contribution in [3.05, 3.63) is 23.4 Å². The van der Waals surface area contributed by atoms with E-state index in [1.54, 1.807) is 18.3 Å². The summed E-state index contributed by atoms with van der Waals surface area (Å²) in [6.07, 6.45) is 1.60. The van der Waals surface area contributed by atoms with Gasteiger partial charge in [-0.3, -0.25) is 0 Å². The van der Waals surface area contributed by atoms with Crippen molar-refractivity contribution in [1.29, 1.82) is 0 Å². The minimum Gasteiger partial charge on any atom is -0.493 e. The molecule has 0 amide bonds. The largest absolute Gasteiger partial charge is 0.493 e. The van der Waals surface area contributed by atoms with E-state index in [1.165, 1.54) is 7.11 Å². The van der Waals surface area contributed by atoms with Crippen LogP contribution in [0.3, 0.4) is 0 Å². The molecule has 0 aliphatic heterocycles. The summed E-state index contributed by atoms with van der Waals surface area (Å²) < 4.78 is 16.3. The maximum atomic E-state index is 11.2. The zero-order valence-electron chi connectivity index (χ0n) is 7.91. The van der Waals surface area contributed by atoms with Crippen molar-refractivity contribution in [2.24, 2.45) is 5.14 Å². The Morgan fingerprint density at radius 3 is 2.87 bits per heavy atom. The second kappa shape index (κ2) is 3.84. The fourth-order valence-electron chi connectivity index (χ4n) is 1.49. The minimum absolute atomic E-state index is 0.501. The molecule has 1 heterocycles. The van der Waals surface area contributed by atoms with Gasteiger partial charge in [-0.25, -0.2) is 9.35 Å². The predicted octanol–water partition coefficient (Wildman–Crippen LogP) is 1.81. The molecule has 80 valence electrons. The van der Waals surface area contributed by atoms with E-state index in [2.05, 4.69) is 4.98 Å². The van der Waals surface area contributed by atoms with Crippen molar-refractivity contribution in [1.82, 2.24) is 4.98 Å². The van der Waals surface area contributed by atoms with Crippen LogP contribution in [0.2, 0.25) is 5.02 Å². The SMILES string of the molecule is COc1c(Cl)ccc2c(S(N)=O)c[nH]c12. The number of nitrogens with one attached hydrogen (secondary N) is 1. The van der Waals surface area contributed by atoms with Crippen molar-refractivity contribution in [3.8, 4) is 5.75 Å². The molecule has 0 radical (unpaired) electrons. The fraction of sp³-hybridized carbons (Fsp3) is 0.111. The number of rotatable bonds is 2. The van der Waals surface area contributed by atoms with Gasteiger partial charge in [-0.15, -0.1) is 0 Å². The van der Waals surface area contributed by atoms with Gasteiger partial charge in [0.2, 0.25) is 0 Å². The summed E-state index contributed by atoms with van der Waals surface area (Å²) in [6.45, 7) is 0. The van der Waals surface area contributed by atoms with Crippen LogP contribution < -0.4 is 9.88 Å². The van der Waals surface area contributed by atoms with Gasteiger partial charge in [0.1, 0.15) is 11.0 Å². The van der Waals surface area contributed by atoms with Crippen molar-refractivity contribution < 1.29 is 8.95 Å². The first kappa shape index (κ1) is 10.5. The summed E-state index contributed by atoms with van der Waals surface area (Å²) in [4.78, 5) is 3.49. The van der Waals surface area contributed by atoms with E-state index >= 15 is 0 Å². The standard InChI is InChI=1S/C9H9ClN2O2S/c1-14-9-6(10)3-2-5-7(15(11)13)4-12-8(5)9/h2-4,12H,11H2,1H3. The zero-order chi connectivity index (χ0) is 11.0. The lowest BCUT2D eigenvalue weighted by Crippen LogP contribution is -2.01. The molecule has 0 saturated carbocycles. The van der Waals surface area contributed by atoms with Crippen molar-refractivity contribution >= 4 is 33.5 Å². The maximum absolute atomic E-state index is 11.2. The summed E-state index contributed by atoms with van der Waals surface area (Å²) in [6, 6.07) is 3.45. The summed E-state index contributed by atoms with van der Waals surface area (Å²) >= 11 is 5.94. The minimum atomic E-state index is -1.52. The Morgan fingerprint density at radius 2 is 2.27 bits per heavy atom. The lowest BCUT2D eigenvalue weighted by Gasteiger charge is -2.04. The first-order valence-electron chi connectivity index (χ1n) is 4.15. The van der Waals surface area contributed by atoms with Crippen molar-refractivity contribution in [2.75, 3.05) is 7.11 Å². The molecule has 1 unspecified atom stereocenters. The Labute approximate surface area is 94.0 Å². The topological polar surface area (TPSA) is 68.1 Å². The molecular weight excluding hydrogens is 236 g/mol. The smallest absolute Gasteiger partial charge is 0.161 e. The lowest BCUT2D eigenvalue weighted by atomic mass is 10.2. The van der Waals surface area contributed by atoms with Gasteiger partial charge in [-0.2, -0.15) is 0 Å². The van der Waals surface area contributed by atoms with E-state index in [-0.39, 0.29) is 0 Å². The molecule has 4 nitrogen and oxygen atoms in total. The number of benzene rings is 1. The van der Waals surface area contributed by atoms with E-state index in [1.807, 2.05) is 0 Å². The highest BCUT2D eigenvalue weighted by Gasteiger charge is 2.13. The van der Waals surface area contributed by atoms with Gasteiger partial charge in [0.05, 0.1) is 22.5 Å². The molecule has 0 aliphatic rings. The van der Waals surface area contributed by atoms with Crippen LogP contribution in [0.5, 0.6) is 5.75 Å². The van der Waals surface area contributed by atoms with Gasteiger partial charge in [0.15, 0.2) is 5.75 Å². The Morgan fingerprint density at radius 1 is 1.53 bits per heavy atom. The molecule has 3 N–H and O–H groups in total. The number of hydrogen-bond acceptors (Lipinski definition) is 2. The fourth-order valence-corrected chi connectivity index (χ4v) is 2.28. The molecule has 0 aliphatic carbocycles. The van der Waals surface area contributed by atoms with E-state index < -0.39 is 11.0 Å². The predicted molar refractivity (Wildman–Crippen MR) is 60.5 cm³/mol. The van der Waals surface area contributed by atoms with E-state index in [0.717, 1.165) is 5.39 Å². The lowest BCUT2D eigenvalue weighted by molar-refractivity contribution is 0.419. The van der Waals surface area contributed by atoms with Crippen LogP contribution in [0.4, 0.5) is 0 Å². The third-order valence-electron chi connectivity index (χ3n) is 2.14. The van der Waals surface area contributed by atoms with E-state index in [0.29, 0.717) is 21.2 Å². The van der Waals surface area contributed by atoms with Crippen LogP contribution in [0.25, 0.3) is 10.9 Å². The zero-order valence-corrected chi connectivity index (χ0v) is 9.48. The number of methoxy groups -OCH3 is 1. The first-order chi connectivity index (χ1) is 7.15. The molecule has 2 rings (SSSR count). The van der Waals surface area contributed by atoms with Crippen LogP contribution >= 0.6 is 11.6 Å². The Kier molecular flexibility index (Phi) is 2.68. The Balaban J connectivity index is 2.80. The van der Waals surface area contributed by atoms with Crippen LogP contribution in [0, 0.1) is 0 Å². The number of fused-ring (bicyclic) bond motifs is 1. The maximum Gasteiger partial charge on any atom is 0.161 e. The number of aromatic nitrogens is 1. The highest BCUT2D eigenvalue weighted by Crippen LogP contribution is 2.34.